The Morgan fingerprint density at radius 1 is 0.971 bits per heavy atom. The molecule has 0 saturated carbocycles. The van der Waals surface area contributed by atoms with Crippen molar-refractivity contribution in [2.75, 3.05) is 18.6 Å². The topological polar surface area (TPSA) is 76.1 Å². The Labute approximate surface area is 205 Å². The molecule has 4 rings (SSSR count). The van der Waals surface area contributed by atoms with Gasteiger partial charge in [0, 0.05) is 11.3 Å². The molecule has 35 heavy (non-hydrogen) atoms. The summed E-state index contributed by atoms with van der Waals surface area (Å²) >= 11 is 0. The maximum Gasteiger partial charge on any atom is 0.300 e. The molecule has 1 aliphatic rings. The van der Waals surface area contributed by atoms with Crippen LogP contribution < -0.4 is 14.4 Å². The van der Waals surface area contributed by atoms with Gasteiger partial charge in [-0.05, 0) is 73.4 Å². The summed E-state index contributed by atoms with van der Waals surface area (Å²) in [6.07, 6.45) is 0.880. The van der Waals surface area contributed by atoms with E-state index in [1.165, 1.54) is 4.90 Å². The molecule has 180 valence electrons. The molecule has 6 heteroatoms. The lowest BCUT2D eigenvalue weighted by atomic mass is 9.94. The molecule has 0 bridgehead atoms. The highest BCUT2D eigenvalue weighted by Crippen LogP contribution is 2.43. The van der Waals surface area contributed by atoms with Crippen LogP contribution in [-0.4, -0.2) is 30.5 Å². The van der Waals surface area contributed by atoms with Crippen LogP contribution in [0.2, 0.25) is 0 Å². The monoisotopic (exact) mass is 471 g/mol. The maximum atomic E-state index is 13.4. The van der Waals surface area contributed by atoms with Crippen LogP contribution in [0.3, 0.4) is 0 Å². The standard InChI is InChI=1S/C29H29NO5/c1-5-16-35-24-15-12-21(17-19(24)3)27(31)25-26(20-10-13-22(34-4)14-11-20)30(29(33)28(25)32)23-9-7-6-8-18(23)2/h6-15,17,26,31H,5,16H2,1-4H3/b27-25-. The van der Waals surface area contributed by atoms with Gasteiger partial charge in [0.15, 0.2) is 0 Å². The van der Waals surface area contributed by atoms with Gasteiger partial charge in [-0.25, -0.2) is 0 Å². The fourth-order valence-corrected chi connectivity index (χ4v) is 4.34. The number of aliphatic hydroxyl groups is 1. The molecule has 1 amide bonds. The molecule has 1 unspecified atom stereocenters. The molecule has 1 atom stereocenters. The van der Waals surface area contributed by atoms with E-state index in [1.54, 1.807) is 55.6 Å². The third-order valence-corrected chi connectivity index (χ3v) is 6.16. The molecule has 1 N–H and O–H groups in total. The summed E-state index contributed by atoms with van der Waals surface area (Å²) in [7, 11) is 1.57. The molecule has 0 aromatic heterocycles. The molecular formula is C29H29NO5. The first-order chi connectivity index (χ1) is 16.9. The van der Waals surface area contributed by atoms with Gasteiger partial charge in [0.25, 0.3) is 11.7 Å². The largest absolute Gasteiger partial charge is 0.507 e. The van der Waals surface area contributed by atoms with E-state index in [9.17, 15) is 14.7 Å². The minimum Gasteiger partial charge on any atom is -0.507 e. The average Bonchev–Trinajstić information content (AvgIpc) is 3.13. The number of aryl methyl sites for hydroxylation is 2. The summed E-state index contributed by atoms with van der Waals surface area (Å²) in [6.45, 7) is 6.39. The summed E-state index contributed by atoms with van der Waals surface area (Å²) < 4.78 is 11.0. The Bertz CT molecular complexity index is 1290. The van der Waals surface area contributed by atoms with E-state index in [-0.39, 0.29) is 11.3 Å². The van der Waals surface area contributed by atoms with Gasteiger partial charge < -0.3 is 14.6 Å². The minimum atomic E-state index is -0.793. The fourth-order valence-electron chi connectivity index (χ4n) is 4.34. The minimum absolute atomic E-state index is 0.0463. The van der Waals surface area contributed by atoms with Crippen molar-refractivity contribution in [1.82, 2.24) is 0 Å². The summed E-state index contributed by atoms with van der Waals surface area (Å²) in [5, 5.41) is 11.4. The molecule has 0 aliphatic carbocycles. The van der Waals surface area contributed by atoms with Gasteiger partial charge in [0.05, 0.1) is 25.3 Å². The van der Waals surface area contributed by atoms with Gasteiger partial charge >= 0.3 is 0 Å². The third-order valence-electron chi connectivity index (χ3n) is 6.16. The van der Waals surface area contributed by atoms with Gasteiger partial charge in [-0.1, -0.05) is 37.3 Å². The van der Waals surface area contributed by atoms with E-state index in [1.807, 2.05) is 39.0 Å². The zero-order valence-corrected chi connectivity index (χ0v) is 20.4. The van der Waals surface area contributed by atoms with E-state index < -0.39 is 17.7 Å². The number of methoxy groups -OCH3 is 1. The number of para-hydroxylation sites is 1. The molecule has 3 aromatic carbocycles. The van der Waals surface area contributed by atoms with E-state index in [2.05, 4.69) is 0 Å². The predicted octanol–water partition coefficient (Wildman–Crippen LogP) is 5.73. The lowest BCUT2D eigenvalue weighted by Gasteiger charge is -2.27. The SMILES string of the molecule is CCCOc1ccc(/C(O)=C2/C(=O)C(=O)N(c3ccccc3C)C2c2ccc(OC)cc2)cc1C. The number of carbonyl (C=O) groups excluding carboxylic acids is 2. The number of ketones is 1. The van der Waals surface area contributed by atoms with Crippen molar-refractivity contribution in [2.24, 2.45) is 0 Å². The van der Waals surface area contributed by atoms with E-state index >= 15 is 0 Å². The quantitative estimate of drug-likeness (QED) is 0.271. The van der Waals surface area contributed by atoms with Crippen LogP contribution in [0, 0.1) is 13.8 Å². The second kappa shape index (κ2) is 10.1. The number of anilines is 1. The Kier molecular flexibility index (Phi) is 6.92. The summed E-state index contributed by atoms with van der Waals surface area (Å²) in [5.74, 6) is -0.252. The average molecular weight is 472 g/mol. The van der Waals surface area contributed by atoms with Crippen molar-refractivity contribution in [1.29, 1.82) is 0 Å². The number of hydrogen-bond donors (Lipinski definition) is 1. The number of amides is 1. The van der Waals surface area contributed by atoms with E-state index in [0.717, 1.165) is 23.3 Å². The number of ether oxygens (including phenoxy) is 2. The first-order valence-corrected chi connectivity index (χ1v) is 11.6. The first kappa shape index (κ1) is 24.1. The highest BCUT2D eigenvalue weighted by molar-refractivity contribution is 6.51. The Morgan fingerprint density at radius 2 is 1.69 bits per heavy atom. The molecule has 3 aromatic rings. The molecule has 1 heterocycles. The van der Waals surface area contributed by atoms with E-state index in [4.69, 9.17) is 9.47 Å². The summed E-state index contributed by atoms with van der Waals surface area (Å²) in [4.78, 5) is 28.2. The number of aliphatic hydroxyl groups excluding tert-OH is 1. The molecular weight excluding hydrogens is 442 g/mol. The highest BCUT2D eigenvalue weighted by Gasteiger charge is 2.47. The maximum absolute atomic E-state index is 13.4. The lowest BCUT2D eigenvalue weighted by Crippen LogP contribution is -2.30. The number of benzene rings is 3. The normalized spacial score (nSPS) is 17.0. The van der Waals surface area contributed by atoms with Gasteiger partial charge in [-0.2, -0.15) is 0 Å². The third kappa shape index (κ3) is 4.52. The van der Waals surface area contributed by atoms with Crippen molar-refractivity contribution in [2.45, 2.75) is 33.2 Å². The first-order valence-electron chi connectivity index (χ1n) is 11.6. The Hall–Kier alpha value is -4.06. The van der Waals surface area contributed by atoms with Crippen LogP contribution in [0.4, 0.5) is 5.69 Å². The number of rotatable bonds is 7. The van der Waals surface area contributed by atoms with Crippen molar-refractivity contribution in [3.8, 4) is 11.5 Å². The van der Waals surface area contributed by atoms with Crippen LogP contribution in [0.25, 0.3) is 5.76 Å². The fraction of sp³-hybridized carbons (Fsp3) is 0.241. The second-order valence-corrected chi connectivity index (χ2v) is 8.56. The van der Waals surface area contributed by atoms with Crippen molar-refractivity contribution in [3.63, 3.8) is 0 Å². The number of nitrogens with zero attached hydrogens (tertiary/aromatic N) is 1. The zero-order valence-electron chi connectivity index (χ0n) is 20.4. The van der Waals surface area contributed by atoms with Gasteiger partial charge in [-0.15, -0.1) is 0 Å². The van der Waals surface area contributed by atoms with Gasteiger partial charge in [0.1, 0.15) is 17.3 Å². The number of hydrogen-bond acceptors (Lipinski definition) is 5. The zero-order chi connectivity index (χ0) is 25.1. The summed E-state index contributed by atoms with van der Waals surface area (Å²) in [5.41, 5.74) is 3.49. The van der Waals surface area contributed by atoms with E-state index in [0.29, 0.717) is 29.2 Å². The number of Topliss-reactive ketones (excluding diaryl/α,β-unsaturated/α-hetero) is 1. The molecule has 1 aliphatic heterocycles. The van der Waals surface area contributed by atoms with Crippen LogP contribution >= 0.6 is 0 Å². The molecule has 6 nitrogen and oxygen atoms in total. The predicted molar refractivity (Wildman–Crippen MR) is 136 cm³/mol. The second-order valence-electron chi connectivity index (χ2n) is 8.56. The Balaban J connectivity index is 1.88. The molecule has 0 radical (unpaired) electrons. The Morgan fingerprint density at radius 3 is 2.31 bits per heavy atom. The molecule has 1 fully saturated rings. The van der Waals surface area contributed by atoms with Crippen LogP contribution in [0.5, 0.6) is 11.5 Å². The van der Waals surface area contributed by atoms with Crippen molar-refractivity contribution >= 4 is 23.1 Å². The van der Waals surface area contributed by atoms with Crippen molar-refractivity contribution < 1.29 is 24.2 Å². The van der Waals surface area contributed by atoms with Gasteiger partial charge in [0.2, 0.25) is 0 Å². The van der Waals surface area contributed by atoms with Crippen LogP contribution in [0.1, 0.15) is 41.6 Å². The van der Waals surface area contributed by atoms with Crippen molar-refractivity contribution in [3.05, 3.63) is 94.6 Å². The van der Waals surface area contributed by atoms with Crippen LogP contribution in [0.15, 0.2) is 72.3 Å². The molecule has 1 saturated heterocycles. The smallest absolute Gasteiger partial charge is 0.300 e. The number of carbonyl (C=O) groups is 2. The van der Waals surface area contributed by atoms with Gasteiger partial charge in [-0.3, -0.25) is 14.5 Å². The summed E-state index contributed by atoms with van der Waals surface area (Å²) in [6, 6.07) is 19.0. The van der Waals surface area contributed by atoms with Crippen LogP contribution in [-0.2, 0) is 9.59 Å². The molecule has 0 spiro atoms. The lowest BCUT2D eigenvalue weighted by molar-refractivity contribution is -0.132. The highest BCUT2D eigenvalue weighted by atomic mass is 16.5.